The van der Waals surface area contributed by atoms with Gasteiger partial charge >= 0.3 is 0 Å². The van der Waals surface area contributed by atoms with E-state index in [4.69, 9.17) is 4.42 Å². The van der Waals surface area contributed by atoms with Crippen molar-refractivity contribution >= 4 is 71.3 Å². The molecule has 234 valence electrons. The summed E-state index contributed by atoms with van der Waals surface area (Å²) in [6, 6.07) is 67.6. The van der Waals surface area contributed by atoms with Gasteiger partial charge in [0.1, 0.15) is 11.2 Å². The smallest absolute Gasteiger partial charge is 0.137 e. The molecule has 10 rings (SSSR count). The molecule has 0 fully saturated rings. The van der Waals surface area contributed by atoms with E-state index in [0.29, 0.717) is 0 Å². The molecule has 1 aromatic heterocycles. The molecule has 0 spiro atoms. The lowest BCUT2D eigenvalue weighted by Crippen LogP contribution is -2.12. The van der Waals surface area contributed by atoms with E-state index in [1.165, 1.54) is 43.4 Å². The Hall–Kier alpha value is -6.64. The molecule has 0 radical (unpaired) electrons. The van der Waals surface area contributed by atoms with E-state index in [9.17, 15) is 0 Å². The zero-order chi connectivity index (χ0) is 33.0. The van der Waals surface area contributed by atoms with Crippen molar-refractivity contribution in [2.45, 2.75) is 0 Å². The molecule has 0 bridgehead atoms. The third-order valence-electron chi connectivity index (χ3n) is 10.0. The van der Waals surface area contributed by atoms with Gasteiger partial charge < -0.3 is 9.32 Å². The first-order valence-corrected chi connectivity index (χ1v) is 17.1. The number of hydrogen-bond donors (Lipinski definition) is 0. The van der Waals surface area contributed by atoms with Gasteiger partial charge in [-0.05, 0) is 79.8 Å². The Morgan fingerprint density at radius 3 is 1.64 bits per heavy atom. The molecule has 2 heteroatoms. The molecule has 0 unspecified atom stereocenters. The lowest BCUT2D eigenvalue weighted by atomic mass is 9.91. The second-order valence-corrected chi connectivity index (χ2v) is 12.9. The predicted molar refractivity (Wildman–Crippen MR) is 212 cm³/mol. The fraction of sp³-hybridized carbons (Fsp3) is 0. The average Bonchev–Trinajstić information content (AvgIpc) is 3.56. The van der Waals surface area contributed by atoms with Crippen molar-refractivity contribution < 1.29 is 4.42 Å². The van der Waals surface area contributed by atoms with Crippen LogP contribution in [-0.2, 0) is 0 Å². The Morgan fingerprint density at radius 1 is 0.300 bits per heavy atom. The van der Waals surface area contributed by atoms with Gasteiger partial charge in [-0.2, -0.15) is 0 Å². The largest absolute Gasteiger partial charge is 0.456 e. The van der Waals surface area contributed by atoms with E-state index in [2.05, 4.69) is 181 Å². The summed E-state index contributed by atoms with van der Waals surface area (Å²) in [5.74, 6) is 0. The molecule has 0 amide bonds. The first kappa shape index (κ1) is 28.4. The molecule has 0 saturated carbocycles. The number of para-hydroxylation sites is 3. The summed E-state index contributed by atoms with van der Waals surface area (Å²) in [5.41, 5.74) is 9.69. The highest BCUT2D eigenvalue weighted by Gasteiger charge is 2.23. The van der Waals surface area contributed by atoms with Gasteiger partial charge in [0.15, 0.2) is 0 Å². The van der Waals surface area contributed by atoms with Crippen LogP contribution in [0.5, 0.6) is 0 Å². The second-order valence-electron chi connectivity index (χ2n) is 12.9. The van der Waals surface area contributed by atoms with E-state index in [1.807, 2.05) is 12.1 Å². The van der Waals surface area contributed by atoms with Crippen LogP contribution >= 0.6 is 0 Å². The molecule has 0 saturated heterocycles. The van der Waals surface area contributed by atoms with Gasteiger partial charge in [0, 0.05) is 33.7 Å². The normalized spacial score (nSPS) is 11.6. The van der Waals surface area contributed by atoms with Gasteiger partial charge in [0.25, 0.3) is 0 Å². The van der Waals surface area contributed by atoms with Gasteiger partial charge in [-0.1, -0.05) is 146 Å². The minimum absolute atomic E-state index is 0.866. The van der Waals surface area contributed by atoms with E-state index in [1.54, 1.807) is 0 Å². The first-order valence-electron chi connectivity index (χ1n) is 17.1. The SMILES string of the molecule is c1ccc(N(c2ccc3c(c2)oc2ccccc23)c2ccccc2-c2cc3ccccc3c3ccccc23)c(-c2cccc3ccccc23)c1. The zero-order valence-electron chi connectivity index (χ0n) is 27.3. The van der Waals surface area contributed by atoms with Crippen molar-refractivity contribution in [3.8, 4) is 22.3 Å². The molecular formula is C48H31NO. The minimum Gasteiger partial charge on any atom is -0.456 e. The molecule has 0 aliphatic carbocycles. The number of nitrogens with zero attached hydrogens (tertiary/aromatic N) is 1. The number of hydrogen-bond acceptors (Lipinski definition) is 2. The minimum atomic E-state index is 0.866. The van der Waals surface area contributed by atoms with Crippen LogP contribution in [0.3, 0.4) is 0 Å². The zero-order valence-corrected chi connectivity index (χ0v) is 27.3. The van der Waals surface area contributed by atoms with Crippen molar-refractivity contribution in [3.63, 3.8) is 0 Å². The monoisotopic (exact) mass is 637 g/mol. The summed E-state index contributed by atoms with van der Waals surface area (Å²) in [6.07, 6.45) is 0. The van der Waals surface area contributed by atoms with Crippen molar-refractivity contribution in [2.75, 3.05) is 4.90 Å². The number of benzene rings is 9. The predicted octanol–water partition coefficient (Wildman–Crippen LogP) is 13.8. The molecule has 0 atom stereocenters. The van der Waals surface area contributed by atoms with Crippen LogP contribution in [0.4, 0.5) is 17.1 Å². The molecule has 0 aliphatic rings. The van der Waals surface area contributed by atoms with Crippen LogP contribution in [0.2, 0.25) is 0 Å². The summed E-state index contributed by atoms with van der Waals surface area (Å²) in [4.78, 5) is 2.42. The third-order valence-corrected chi connectivity index (χ3v) is 10.0. The highest BCUT2D eigenvalue weighted by atomic mass is 16.3. The van der Waals surface area contributed by atoms with E-state index >= 15 is 0 Å². The van der Waals surface area contributed by atoms with Gasteiger partial charge in [-0.25, -0.2) is 0 Å². The van der Waals surface area contributed by atoms with Crippen molar-refractivity contribution in [1.29, 1.82) is 0 Å². The summed E-state index contributed by atoms with van der Waals surface area (Å²) >= 11 is 0. The molecule has 10 aromatic rings. The van der Waals surface area contributed by atoms with Crippen LogP contribution in [0.1, 0.15) is 0 Å². The van der Waals surface area contributed by atoms with Crippen LogP contribution < -0.4 is 4.90 Å². The second kappa shape index (κ2) is 11.5. The Morgan fingerprint density at radius 2 is 0.840 bits per heavy atom. The number of fused-ring (bicyclic) bond motifs is 7. The summed E-state index contributed by atoms with van der Waals surface area (Å²) in [7, 11) is 0. The van der Waals surface area contributed by atoms with Crippen LogP contribution in [0.15, 0.2) is 192 Å². The topological polar surface area (TPSA) is 16.4 Å². The number of anilines is 3. The Labute approximate surface area is 290 Å². The standard InChI is InChI=1S/C48H31NO/c1-3-17-35-32(14-1)16-13-24-38(35)40-21-7-10-25-45(40)49(34-28-29-43-42-23-9-12-27-47(42)50-48(43)31-34)46-26-11-8-22-41(46)44-30-33-15-2-4-18-36(33)37-19-5-6-20-39(37)44/h1-31H. The summed E-state index contributed by atoms with van der Waals surface area (Å²) in [6.45, 7) is 0. The highest BCUT2D eigenvalue weighted by Crippen LogP contribution is 2.48. The van der Waals surface area contributed by atoms with Crippen molar-refractivity contribution in [3.05, 3.63) is 188 Å². The maximum atomic E-state index is 6.48. The molecule has 0 aliphatic heterocycles. The Balaban J connectivity index is 1.28. The highest BCUT2D eigenvalue weighted by molar-refractivity contribution is 6.15. The van der Waals surface area contributed by atoms with E-state index < -0.39 is 0 Å². The molecule has 1 heterocycles. The van der Waals surface area contributed by atoms with Crippen molar-refractivity contribution in [2.24, 2.45) is 0 Å². The van der Waals surface area contributed by atoms with Gasteiger partial charge in [-0.15, -0.1) is 0 Å². The lowest BCUT2D eigenvalue weighted by molar-refractivity contribution is 0.669. The maximum Gasteiger partial charge on any atom is 0.137 e. The molecule has 9 aromatic carbocycles. The molecule has 2 nitrogen and oxygen atoms in total. The van der Waals surface area contributed by atoms with Gasteiger partial charge in [0.2, 0.25) is 0 Å². The summed E-state index contributed by atoms with van der Waals surface area (Å²) < 4.78 is 6.48. The van der Waals surface area contributed by atoms with Crippen LogP contribution in [-0.4, -0.2) is 0 Å². The first-order chi connectivity index (χ1) is 24.8. The molecule has 50 heavy (non-hydrogen) atoms. The summed E-state index contributed by atoms with van der Waals surface area (Å²) in [5, 5.41) is 9.65. The van der Waals surface area contributed by atoms with Gasteiger partial charge in [0.05, 0.1) is 11.4 Å². The molecular weight excluding hydrogens is 607 g/mol. The van der Waals surface area contributed by atoms with E-state index in [-0.39, 0.29) is 0 Å². The molecule has 0 N–H and O–H groups in total. The Bertz CT molecular complexity index is 2890. The van der Waals surface area contributed by atoms with Crippen LogP contribution in [0.25, 0.3) is 76.5 Å². The van der Waals surface area contributed by atoms with Crippen LogP contribution in [0, 0.1) is 0 Å². The van der Waals surface area contributed by atoms with Gasteiger partial charge in [-0.3, -0.25) is 0 Å². The fourth-order valence-corrected chi connectivity index (χ4v) is 7.79. The fourth-order valence-electron chi connectivity index (χ4n) is 7.79. The quantitative estimate of drug-likeness (QED) is 0.175. The maximum absolute atomic E-state index is 6.48. The number of rotatable bonds is 5. The average molecular weight is 638 g/mol. The van der Waals surface area contributed by atoms with E-state index in [0.717, 1.165) is 50.1 Å². The third kappa shape index (κ3) is 4.50. The van der Waals surface area contributed by atoms with Crippen molar-refractivity contribution in [1.82, 2.24) is 0 Å². The number of furan rings is 1. The lowest BCUT2D eigenvalue weighted by Gasteiger charge is -2.30. The Kier molecular flexibility index (Phi) is 6.53.